The Labute approximate surface area is 155 Å². The zero-order chi connectivity index (χ0) is 19.4. The summed E-state index contributed by atoms with van der Waals surface area (Å²) in [5.41, 5.74) is 1.42. The molecule has 27 heavy (non-hydrogen) atoms. The van der Waals surface area contributed by atoms with Crippen molar-refractivity contribution in [3.63, 3.8) is 0 Å². The molecular weight excluding hydrogens is 359 g/mol. The molecule has 1 aliphatic rings. The van der Waals surface area contributed by atoms with E-state index in [0.29, 0.717) is 30.9 Å². The largest absolute Gasteiger partial charge is 0.416 e. The van der Waals surface area contributed by atoms with E-state index in [9.17, 15) is 18.0 Å². The first kappa shape index (κ1) is 19.4. The molecule has 3 rings (SSSR count). The van der Waals surface area contributed by atoms with E-state index >= 15 is 0 Å². The number of H-pyrrole nitrogens is 1. The minimum Gasteiger partial charge on any atom is -0.339 e. The van der Waals surface area contributed by atoms with Gasteiger partial charge in [-0.2, -0.15) is 18.3 Å². The summed E-state index contributed by atoms with van der Waals surface area (Å²) in [6.45, 7) is 3.75. The van der Waals surface area contributed by atoms with Gasteiger partial charge in [0.05, 0.1) is 24.0 Å². The molecule has 0 saturated carbocycles. The molecule has 1 amide bonds. The van der Waals surface area contributed by atoms with Gasteiger partial charge in [-0.1, -0.05) is 12.1 Å². The van der Waals surface area contributed by atoms with Gasteiger partial charge in [0, 0.05) is 38.3 Å². The Kier molecular flexibility index (Phi) is 5.81. The number of alkyl halides is 3. The number of aromatic amines is 1. The van der Waals surface area contributed by atoms with Crippen LogP contribution in [0.25, 0.3) is 11.3 Å². The van der Waals surface area contributed by atoms with Gasteiger partial charge in [-0.15, -0.1) is 0 Å². The van der Waals surface area contributed by atoms with Crippen molar-refractivity contribution >= 4 is 5.91 Å². The summed E-state index contributed by atoms with van der Waals surface area (Å²) in [6.07, 6.45) is -2.72. The molecular formula is C18H22F3N5O. The maximum Gasteiger partial charge on any atom is 0.416 e. The molecule has 0 spiro atoms. The maximum absolute atomic E-state index is 12.7. The average Bonchev–Trinajstić information content (AvgIpc) is 3.09. The van der Waals surface area contributed by atoms with Crippen LogP contribution >= 0.6 is 0 Å². The molecule has 2 heterocycles. The Hall–Kier alpha value is -2.39. The second kappa shape index (κ2) is 8.10. The van der Waals surface area contributed by atoms with Crippen molar-refractivity contribution in [2.75, 3.05) is 39.8 Å². The molecule has 6 nitrogen and oxygen atoms in total. The summed E-state index contributed by atoms with van der Waals surface area (Å²) in [5, 5.41) is 10.1. The van der Waals surface area contributed by atoms with Gasteiger partial charge in [-0.05, 0) is 24.7 Å². The lowest BCUT2D eigenvalue weighted by molar-refractivity contribution is -0.137. The predicted molar refractivity (Wildman–Crippen MR) is 94.8 cm³/mol. The van der Waals surface area contributed by atoms with Crippen molar-refractivity contribution in [1.82, 2.24) is 25.3 Å². The highest BCUT2D eigenvalue weighted by Crippen LogP contribution is 2.31. The third kappa shape index (κ3) is 4.86. The first-order valence-electron chi connectivity index (χ1n) is 8.71. The van der Waals surface area contributed by atoms with Gasteiger partial charge in [0.2, 0.25) is 5.91 Å². The van der Waals surface area contributed by atoms with Gasteiger partial charge in [-0.25, -0.2) is 0 Å². The fourth-order valence-electron chi connectivity index (χ4n) is 3.10. The number of amides is 1. The molecule has 1 aromatic carbocycles. The van der Waals surface area contributed by atoms with Crippen molar-refractivity contribution in [2.45, 2.75) is 12.7 Å². The van der Waals surface area contributed by atoms with Crippen molar-refractivity contribution < 1.29 is 18.0 Å². The Morgan fingerprint density at radius 3 is 2.52 bits per heavy atom. The lowest BCUT2D eigenvalue weighted by Gasteiger charge is -2.29. The van der Waals surface area contributed by atoms with Crippen molar-refractivity contribution in [2.24, 2.45) is 0 Å². The summed E-state index contributed by atoms with van der Waals surface area (Å²) in [6, 6.07) is 4.95. The predicted octanol–water partition coefficient (Wildman–Crippen LogP) is 1.96. The average molecular weight is 381 g/mol. The number of carbonyl (C=O) groups is 1. The maximum atomic E-state index is 12.7. The second-order valence-corrected chi connectivity index (χ2v) is 6.65. The van der Waals surface area contributed by atoms with Crippen LogP contribution in [0.2, 0.25) is 0 Å². The summed E-state index contributed by atoms with van der Waals surface area (Å²) in [4.78, 5) is 16.1. The van der Waals surface area contributed by atoms with E-state index in [0.717, 1.165) is 30.8 Å². The summed E-state index contributed by atoms with van der Waals surface area (Å²) < 4.78 is 38.2. The van der Waals surface area contributed by atoms with Crippen LogP contribution in [0.15, 0.2) is 30.5 Å². The number of aromatic nitrogens is 2. The van der Waals surface area contributed by atoms with Crippen molar-refractivity contribution in [1.29, 1.82) is 0 Å². The van der Waals surface area contributed by atoms with E-state index in [4.69, 9.17) is 0 Å². The fourth-order valence-corrected chi connectivity index (χ4v) is 3.10. The Morgan fingerprint density at radius 1 is 1.22 bits per heavy atom. The molecule has 0 radical (unpaired) electrons. The number of carbonyl (C=O) groups excluding carboxylic acids is 1. The third-order valence-electron chi connectivity index (χ3n) is 4.53. The quantitative estimate of drug-likeness (QED) is 0.831. The highest BCUT2D eigenvalue weighted by atomic mass is 19.4. The van der Waals surface area contributed by atoms with Gasteiger partial charge in [0.15, 0.2) is 0 Å². The molecule has 1 aliphatic heterocycles. The topological polar surface area (TPSA) is 64.3 Å². The van der Waals surface area contributed by atoms with Crippen LogP contribution in [0, 0.1) is 0 Å². The summed E-state index contributed by atoms with van der Waals surface area (Å²) in [7, 11) is 1.84. The van der Waals surface area contributed by atoms with Crippen LogP contribution in [-0.4, -0.2) is 65.7 Å². The number of nitrogens with one attached hydrogen (secondary N) is 2. The molecule has 146 valence electrons. The molecule has 0 unspecified atom stereocenters. The highest BCUT2D eigenvalue weighted by Gasteiger charge is 2.30. The SMILES string of the molecule is CN(CC(=O)N1CCNCC1)Cc1cn[nH]c1-c1ccc(C(F)(F)F)cc1. The van der Waals surface area contributed by atoms with Crippen LogP contribution < -0.4 is 5.32 Å². The normalized spacial score (nSPS) is 15.4. The fraction of sp³-hybridized carbons (Fsp3) is 0.444. The first-order chi connectivity index (χ1) is 12.8. The van der Waals surface area contributed by atoms with E-state index in [1.54, 1.807) is 6.20 Å². The zero-order valence-corrected chi connectivity index (χ0v) is 15.0. The second-order valence-electron chi connectivity index (χ2n) is 6.65. The molecule has 0 bridgehead atoms. The Balaban J connectivity index is 1.65. The van der Waals surface area contributed by atoms with Crippen LogP contribution in [0.4, 0.5) is 13.2 Å². The lowest BCUT2D eigenvalue weighted by Crippen LogP contribution is -2.49. The van der Waals surface area contributed by atoms with Gasteiger partial charge in [-0.3, -0.25) is 14.8 Å². The number of hydrogen-bond acceptors (Lipinski definition) is 4. The Bertz CT molecular complexity index is 766. The van der Waals surface area contributed by atoms with Crippen LogP contribution in [-0.2, 0) is 17.5 Å². The van der Waals surface area contributed by atoms with E-state index in [-0.39, 0.29) is 12.5 Å². The first-order valence-corrected chi connectivity index (χ1v) is 8.71. The number of hydrogen-bond donors (Lipinski definition) is 2. The third-order valence-corrected chi connectivity index (χ3v) is 4.53. The number of halogens is 3. The molecule has 0 aliphatic carbocycles. The molecule has 1 fully saturated rings. The molecule has 1 saturated heterocycles. The Morgan fingerprint density at radius 2 is 1.89 bits per heavy atom. The molecule has 2 N–H and O–H groups in total. The minimum atomic E-state index is -4.36. The summed E-state index contributed by atoms with van der Waals surface area (Å²) in [5.74, 6) is 0.0681. The monoisotopic (exact) mass is 381 g/mol. The van der Waals surface area contributed by atoms with Crippen LogP contribution in [0.5, 0.6) is 0 Å². The number of likely N-dealkylation sites (N-methyl/N-ethyl adjacent to an activating group) is 1. The van der Waals surface area contributed by atoms with E-state index < -0.39 is 11.7 Å². The lowest BCUT2D eigenvalue weighted by atomic mass is 10.1. The molecule has 2 aromatic rings. The van der Waals surface area contributed by atoms with Crippen LogP contribution in [0.1, 0.15) is 11.1 Å². The van der Waals surface area contributed by atoms with Crippen molar-refractivity contribution in [3.05, 3.63) is 41.6 Å². The number of piperazine rings is 1. The van der Waals surface area contributed by atoms with Gasteiger partial charge < -0.3 is 10.2 Å². The van der Waals surface area contributed by atoms with E-state index in [1.165, 1.54) is 12.1 Å². The number of benzene rings is 1. The van der Waals surface area contributed by atoms with E-state index in [2.05, 4.69) is 15.5 Å². The standard InChI is InChI=1S/C18H22F3N5O/c1-25(12-16(27)26-8-6-22-7-9-26)11-14-10-23-24-17(14)13-2-4-15(5-3-13)18(19,20)21/h2-5,10,22H,6-9,11-12H2,1H3,(H,23,24). The van der Waals surface area contributed by atoms with E-state index in [1.807, 2.05) is 16.8 Å². The molecule has 1 aromatic heterocycles. The van der Waals surface area contributed by atoms with Gasteiger partial charge >= 0.3 is 6.18 Å². The highest BCUT2D eigenvalue weighted by molar-refractivity contribution is 5.78. The zero-order valence-electron chi connectivity index (χ0n) is 15.0. The molecule has 0 atom stereocenters. The smallest absolute Gasteiger partial charge is 0.339 e. The molecule has 9 heteroatoms. The van der Waals surface area contributed by atoms with Gasteiger partial charge in [0.1, 0.15) is 0 Å². The minimum absolute atomic E-state index is 0.0681. The van der Waals surface area contributed by atoms with Crippen molar-refractivity contribution in [3.8, 4) is 11.3 Å². The number of rotatable bonds is 5. The van der Waals surface area contributed by atoms with Gasteiger partial charge in [0.25, 0.3) is 0 Å². The summed E-state index contributed by atoms with van der Waals surface area (Å²) >= 11 is 0. The van der Waals surface area contributed by atoms with Crippen LogP contribution in [0.3, 0.4) is 0 Å². The number of nitrogens with zero attached hydrogens (tertiary/aromatic N) is 3.